The smallest absolute Gasteiger partial charge is 0.243 e. The predicted octanol–water partition coefficient (Wildman–Crippen LogP) is 0.391. The van der Waals surface area contributed by atoms with Crippen LogP contribution < -0.4 is 5.32 Å². The Labute approximate surface area is 99.0 Å². The Bertz CT molecular complexity index is 455. The number of carbonyl (C=O) groups excluding carboxylic acids is 2. The molecule has 1 saturated heterocycles. The second kappa shape index (κ2) is 4.20. The minimum absolute atomic E-state index is 0.0349. The number of rotatable bonds is 2. The van der Waals surface area contributed by atoms with Gasteiger partial charge in [0, 0.05) is 0 Å². The standard InChI is InChI=1S/C11H15N3O3/c1-6-4-13-11(17-6)8(3)14-7(2)10(16)12-5-9(14)15/h4,7-8H,5H2,1-3H3,(H,12,16). The molecular formula is C11H15N3O3. The summed E-state index contributed by atoms with van der Waals surface area (Å²) >= 11 is 0. The average Bonchev–Trinajstić information content (AvgIpc) is 2.71. The van der Waals surface area contributed by atoms with E-state index in [0.29, 0.717) is 11.7 Å². The first kappa shape index (κ1) is 11.6. The van der Waals surface area contributed by atoms with E-state index in [-0.39, 0.29) is 24.4 Å². The quantitative estimate of drug-likeness (QED) is 0.807. The normalized spacial score (nSPS) is 22.5. The summed E-state index contributed by atoms with van der Waals surface area (Å²) in [5.74, 6) is 0.867. The molecule has 1 fully saturated rings. The maximum Gasteiger partial charge on any atom is 0.243 e. The highest BCUT2D eigenvalue weighted by atomic mass is 16.4. The molecule has 0 radical (unpaired) electrons. The molecule has 2 rings (SSSR count). The Kier molecular flexibility index (Phi) is 2.87. The minimum Gasteiger partial charge on any atom is -0.444 e. The maximum absolute atomic E-state index is 11.8. The van der Waals surface area contributed by atoms with E-state index < -0.39 is 6.04 Å². The van der Waals surface area contributed by atoms with Crippen molar-refractivity contribution in [3.05, 3.63) is 17.8 Å². The van der Waals surface area contributed by atoms with Gasteiger partial charge < -0.3 is 14.6 Å². The molecule has 0 aliphatic carbocycles. The van der Waals surface area contributed by atoms with Gasteiger partial charge in [0.1, 0.15) is 17.8 Å². The summed E-state index contributed by atoms with van der Waals surface area (Å²) in [5, 5.41) is 2.54. The van der Waals surface area contributed by atoms with Crippen molar-refractivity contribution in [1.82, 2.24) is 15.2 Å². The van der Waals surface area contributed by atoms with Gasteiger partial charge in [-0.3, -0.25) is 9.59 Å². The summed E-state index contributed by atoms with van der Waals surface area (Å²) in [6.07, 6.45) is 1.60. The van der Waals surface area contributed by atoms with E-state index in [1.165, 1.54) is 4.90 Å². The zero-order chi connectivity index (χ0) is 12.6. The number of oxazole rings is 1. The van der Waals surface area contributed by atoms with Gasteiger partial charge in [-0.2, -0.15) is 0 Å². The molecule has 17 heavy (non-hydrogen) atoms. The molecule has 1 aliphatic rings. The summed E-state index contributed by atoms with van der Waals surface area (Å²) in [5.41, 5.74) is 0. The number of hydrogen-bond donors (Lipinski definition) is 1. The van der Waals surface area contributed by atoms with Crippen molar-refractivity contribution in [1.29, 1.82) is 0 Å². The third-order valence-electron chi connectivity index (χ3n) is 2.91. The van der Waals surface area contributed by atoms with Crippen LogP contribution in [0.1, 0.15) is 31.5 Å². The number of nitrogens with one attached hydrogen (secondary N) is 1. The van der Waals surface area contributed by atoms with Crippen molar-refractivity contribution in [2.24, 2.45) is 0 Å². The highest BCUT2D eigenvalue weighted by Crippen LogP contribution is 2.23. The van der Waals surface area contributed by atoms with Crippen molar-refractivity contribution in [2.75, 3.05) is 6.54 Å². The Morgan fingerprint density at radius 2 is 2.29 bits per heavy atom. The Morgan fingerprint density at radius 1 is 1.59 bits per heavy atom. The van der Waals surface area contributed by atoms with Crippen molar-refractivity contribution >= 4 is 11.8 Å². The van der Waals surface area contributed by atoms with Crippen LogP contribution in [0.25, 0.3) is 0 Å². The highest BCUT2D eigenvalue weighted by molar-refractivity contribution is 5.94. The molecule has 0 aromatic carbocycles. The molecule has 2 atom stereocenters. The van der Waals surface area contributed by atoms with Gasteiger partial charge in [-0.05, 0) is 20.8 Å². The van der Waals surface area contributed by atoms with E-state index >= 15 is 0 Å². The van der Waals surface area contributed by atoms with Crippen LogP contribution in [0.4, 0.5) is 0 Å². The molecule has 0 spiro atoms. The van der Waals surface area contributed by atoms with Gasteiger partial charge >= 0.3 is 0 Å². The molecule has 0 bridgehead atoms. The van der Waals surface area contributed by atoms with Crippen LogP contribution in [0.5, 0.6) is 0 Å². The zero-order valence-corrected chi connectivity index (χ0v) is 10.1. The molecule has 2 heterocycles. The lowest BCUT2D eigenvalue weighted by molar-refractivity contribution is -0.147. The third-order valence-corrected chi connectivity index (χ3v) is 2.91. The predicted molar refractivity (Wildman–Crippen MR) is 59.0 cm³/mol. The monoisotopic (exact) mass is 237 g/mol. The first-order chi connectivity index (χ1) is 8.00. The van der Waals surface area contributed by atoms with Gasteiger partial charge in [-0.15, -0.1) is 0 Å². The number of carbonyl (C=O) groups is 2. The van der Waals surface area contributed by atoms with Crippen LogP contribution in [0.3, 0.4) is 0 Å². The molecule has 0 saturated carbocycles. The number of amides is 2. The fourth-order valence-electron chi connectivity index (χ4n) is 1.98. The minimum atomic E-state index is -0.501. The Balaban J connectivity index is 2.25. The largest absolute Gasteiger partial charge is 0.444 e. The zero-order valence-electron chi connectivity index (χ0n) is 10.1. The van der Waals surface area contributed by atoms with E-state index in [2.05, 4.69) is 10.3 Å². The van der Waals surface area contributed by atoms with Gasteiger partial charge in [0.2, 0.25) is 17.7 Å². The van der Waals surface area contributed by atoms with Gasteiger partial charge in [0.25, 0.3) is 0 Å². The lowest BCUT2D eigenvalue weighted by atomic mass is 10.1. The van der Waals surface area contributed by atoms with Gasteiger partial charge in [0.15, 0.2) is 0 Å². The molecule has 1 aliphatic heterocycles. The van der Waals surface area contributed by atoms with Crippen molar-refractivity contribution in [3.63, 3.8) is 0 Å². The summed E-state index contributed by atoms with van der Waals surface area (Å²) in [6.45, 7) is 5.32. The number of aryl methyl sites for hydroxylation is 1. The molecule has 1 aromatic heterocycles. The first-order valence-electron chi connectivity index (χ1n) is 5.52. The highest BCUT2D eigenvalue weighted by Gasteiger charge is 2.36. The van der Waals surface area contributed by atoms with Crippen LogP contribution in [0, 0.1) is 6.92 Å². The van der Waals surface area contributed by atoms with E-state index in [1.807, 2.05) is 0 Å². The molecule has 6 heteroatoms. The number of nitrogens with zero attached hydrogens (tertiary/aromatic N) is 2. The topological polar surface area (TPSA) is 75.4 Å². The van der Waals surface area contributed by atoms with Gasteiger partial charge in [-0.25, -0.2) is 4.98 Å². The lowest BCUT2D eigenvalue weighted by Crippen LogP contribution is -2.57. The van der Waals surface area contributed by atoms with Crippen molar-refractivity contribution in [2.45, 2.75) is 32.9 Å². The molecule has 1 N–H and O–H groups in total. The van der Waals surface area contributed by atoms with Crippen molar-refractivity contribution < 1.29 is 14.0 Å². The summed E-state index contributed by atoms with van der Waals surface area (Å²) < 4.78 is 5.39. The number of aromatic nitrogens is 1. The van der Waals surface area contributed by atoms with Crippen molar-refractivity contribution in [3.8, 4) is 0 Å². The fraction of sp³-hybridized carbons (Fsp3) is 0.545. The Morgan fingerprint density at radius 3 is 2.88 bits per heavy atom. The van der Waals surface area contributed by atoms with E-state index in [9.17, 15) is 9.59 Å². The SMILES string of the molecule is Cc1cnc(C(C)N2C(=O)CNC(=O)C2C)o1. The van der Waals surface area contributed by atoms with Crippen LogP contribution >= 0.6 is 0 Å². The first-order valence-corrected chi connectivity index (χ1v) is 5.52. The van der Waals surface area contributed by atoms with E-state index in [1.54, 1.807) is 27.0 Å². The average molecular weight is 237 g/mol. The van der Waals surface area contributed by atoms with Crippen LogP contribution in [-0.2, 0) is 9.59 Å². The summed E-state index contributed by atoms with van der Waals surface area (Å²) in [6, 6.07) is -0.837. The maximum atomic E-state index is 11.8. The molecule has 6 nitrogen and oxygen atoms in total. The molecule has 2 amide bonds. The van der Waals surface area contributed by atoms with Gasteiger partial charge in [-0.1, -0.05) is 0 Å². The van der Waals surface area contributed by atoms with Gasteiger partial charge in [0.05, 0.1) is 12.7 Å². The lowest BCUT2D eigenvalue weighted by Gasteiger charge is -2.35. The molecular weight excluding hydrogens is 222 g/mol. The number of hydrogen-bond acceptors (Lipinski definition) is 4. The Hall–Kier alpha value is -1.85. The molecule has 2 unspecified atom stereocenters. The second-order valence-corrected chi connectivity index (χ2v) is 4.18. The second-order valence-electron chi connectivity index (χ2n) is 4.18. The summed E-state index contributed by atoms with van der Waals surface area (Å²) in [4.78, 5) is 28.9. The summed E-state index contributed by atoms with van der Waals surface area (Å²) in [7, 11) is 0. The van der Waals surface area contributed by atoms with E-state index in [0.717, 1.165) is 0 Å². The van der Waals surface area contributed by atoms with Crippen LogP contribution in [0.15, 0.2) is 10.6 Å². The van der Waals surface area contributed by atoms with Crippen LogP contribution in [-0.4, -0.2) is 34.3 Å². The molecule has 92 valence electrons. The van der Waals surface area contributed by atoms with Crippen LogP contribution in [0.2, 0.25) is 0 Å². The fourth-order valence-corrected chi connectivity index (χ4v) is 1.98. The molecule has 1 aromatic rings. The number of piperazine rings is 1. The van der Waals surface area contributed by atoms with E-state index in [4.69, 9.17) is 4.42 Å². The third kappa shape index (κ3) is 2.02.